The second kappa shape index (κ2) is 7.24. The van der Waals surface area contributed by atoms with Gasteiger partial charge in [0.25, 0.3) is 0 Å². The Labute approximate surface area is 95.2 Å². The minimum Gasteiger partial charge on any atom is -0.327 e. The molecule has 0 radical (unpaired) electrons. The molecule has 15 heavy (non-hydrogen) atoms. The van der Waals surface area contributed by atoms with Crippen molar-refractivity contribution in [3.63, 3.8) is 0 Å². The minimum absolute atomic E-state index is 0.378. The van der Waals surface area contributed by atoms with Crippen LogP contribution in [-0.4, -0.2) is 30.6 Å². The molecule has 1 atom stereocenters. The fourth-order valence-electron chi connectivity index (χ4n) is 2.68. The summed E-state index contributed by atoms with van der Waals surface area (Å²) in [5.74, 6) is 0. The van der Waals surface area contributed by atoms with Gasteiger partial charge in [0.1, 0.15) is 0 Å². The summed E-state index contributed by atoms with van der Waals surface area (Å²) in [5.41, 5.74) is 6.09. The van der Waals surface area contributed by atoms with E-state index in [4.69, 9.17) is 5.73 Å². The normalized spacial score (nSPS) is 21.6. The second-order valence-corrected chi connectivity index (χ2v) is 5.13. The van der Waals surface area contributed by atoms with Gasteiger partial charge in [-0.05, 0) is 26.3 Å². The third-order valence-corrected chi connectivity index (χ3v) is 3.63. The highest BCUT2D eigenvalue weighted by atomic mass is 15.1. The highest BCUT2D eigenvalue weighted by Gasteiger charge is 2.18. The molecule has 0 amide bonds. The van der Waals surface area contributed by atoms with Crippen LogP contribution in [0.3, 0.4) is 0 Å². The van der Waals surface area contributed by atoms with Gasteiger partial charge in [-0.3, -0.25) is 0 Å². The van der Waals surface area contributed by atoms with E-state index in [-0.39, 0.29) is 0 Å². The molecule has 1 rings (SSSR count). The van der Waals surface area contributed by atoms with Crippen molar-refractivity contribution < 1.29 is 0 Å². The molecule has 90 valence electrons. The van der Waals surface area contributed by atoms with Gasteiger partial charge in [0.2, 0.25) is 0 Å². The average molecular weight is 212 g/mol. The standard InChI is InChI=1S/C13H28N2/c1-3-8-12(14)11-15(2)13-9-6-4-5-7-10-13/h12-13H,3-11,14H2,1-2H3. The number of nitrogens with zero attached hydrogens (tertiary/aromatic N) is 1. The Bertz CT molecular complexity index is 151. The molecular weight excluding hydrogens is 184 g/mol. The smallest absolute Gasteiger partial charge is 0.0167 e. The van der Waals surface area contributed by atoms with Crippen molar-refractivity contribution in [2.75, 3.05) is 13.6 Å². The number of hydrogen-bond acceptors (Lipinski definition) is 2. The zero-order chi connectivity index (χ0) is 11.1. The van der Waals surface area contributed by atoms with Crippen molar-refractivity contribution in [2.45, 2.75) is 70.4 Å². The third kappa shape index (κ3) is 4.98. The minimum atomic E-state index is 0.378. The van der Waals surface area contributed by atoms with Crippen LogP contribution >= 0.6 is 0 Å². The van der Waals surface area contributed by atoms with Crippen molar-refractivity contribution in [3.8, 4) is 0 Å². The van der Waals surface area contributed by atoms with Crippen molar-refractivity contribution in [1.82, 2.24) is 4.90 Å². The molecule has 2 N–H and O–H groups in total. The third-order valence-electron chi connectivity index (χ3n) is 3.63. The molecule has 0 saturated heterocycles. The number of nitrogens with two attached hydrogens (primary N) is 1. The van der Waals surface area contributed by atoms with Crippen LogP contribution in [0.4, 0.5) is 0 Å². The Kier molecular flexibility index (Phi) is 6.26. The van der Waals surface area contributed by atoms with Gasteiger partial charge in [-0.15, -0.1) is 0 Å². The van der Waals surface area contributed by atoms with E-state index in [9.17, 15) is 0 Å². The van der Waals surface area contributed by atoms with E-state index in [2.05, 4.69) is 18.9 Å². The van der Waals surface area contributed by atoms with E-state index >= 15 is 0 Å². The van der Waals surface area contributed by atoms with E-state index in [0.717, 1.165) is 19.0 Å². The molecule has 0 aliphatic heterocycles. The topological polar surface area (TPSA) is 29.3 Å². The van der Waals surface area contributed by atoms with Gasteiger partial charge in [0, 0.05) is 18.6 Å². The molecule has 0 heterocycles. The zero-order valence-electron chi connectivity index (χ0n) is 10.5. The summed E-state index contributed by atoms with van der Waals surface area (Å²) in [6.45, 7) is 3.30. The van der Waals surface area contributed by atoms with Crippen molar-refractivity contribution >= 4 is 0 Å². The fraction of sp³-hybridized carbons (Fsp3) is 1.00. The van der Waals surface area contributed by atoms with Gasteiger partial charge in [-0.2, -0.15) is 0 Å². The quantitative estimate of drug-likeness (QED) is 0.710. The maximum Gasteiger partial charge on any atom is 0.0167 e. The van der Waals surface area contributed by atoms with Gasteiger partial charge in [0.05, 0.1) is 0 Å². The van der Waals surface area contributed by atoms with Crippen LogP contribution in [0.1, 0.15) is 58.3 Å². The lowest BCUT2D eigenvalue weighted by Gasteiger charge is -2.29. The predicted octanol–water partition coefficient (Wildman–Crippen LogP) is 2.77. The van der Waals surface area contributed by atoms with Gasteiger partial charge < -0.3 is 10.6 Å². The van der Waals surface area contributed by atoms with Gasteiger partial charge in [0.15, 0.2) is 0 Å². The largest absolute Gasteiger partial charge is 0.327 e. The van der Waals surface area contributed by atoms with Crippen LogP contribution < -0.4 is 5.73 Å². The second-order valence-electron chi connectivity index (χ2n) is 5.13. The van der Waals surface area contributed by atoms with Crippen LogP contribution in [0.2, 0.25) is 0 Å². The van der Waals surface area contributed by atoms with Crippen molar-refractivity contribution in [1.29, 1.82) is 0 Å². The lowest BCUT2D eigenvalue weighted by molar-refractivity contribution is 0.206. The van der Waals surface area contributed by atoms with E-state index in [1.807, 2.05) is 0 Å². The maximum atomic E-state index is 6.09. The molecule has 1 unspecified atom stereocenters. The molecule has 0 aromatic carbocycles. The van der Waals surface area contributed by atoms with Gasteiger partial charge >= 0.3 is 0 Å². The average Bonchev–Trinajstić information content (AvgIpc) is 2.45. The Morgan fingerprint density at radius 3 is 2.33 bits per heavy atom. The first-order chi connectivity index (χ1) is 7.24. The fourth-order valence-corrected chi connectivity index (χ4v) is 2.68. The Morgan fingerprint density at radius 1 is 1.20 bits per heavy atom. The monoisotopic (exact) mass is 212 g/mol. The molecule has 1 aliphatic carbocycles. The summed E-state index contributed by atoms with van der Waals surface area (Å²) in [7, 11) is 2.26. The summed E-state index contributed by atoms with van der Waals surface area (Å²) < 4.78 is 0. The maximum absolute atomic E-state index is 6.09. The summed E-state index contributed by atoms with van der Waals surface area (Å²) in [4.78, 5) is 2.51. The first kappa shape index (κ1) is 13.0. The molecular formula is C13H28N2. The molecule has 1 aliphatic rings. The van der Waals surface area contributed by atoms with Crippen molar-refractivity contribution in [2.24, 2.45) is 5.73 Å². The lowest BCUT2D eigenvalue weighted by Crippen LogP contribution is -2.40. The number of rotatable bonds is 5. The molecule has 1 fully saturated rings. The lowest BCUT2D eigenvalue weighted by atomic mass is 10.1. The zero-order valence-corrected chi connectivity index (χ0v) is 10.5. The van der Waals surface area contributed by atoms with Crippen LogP contribution in [-0.2, 0) is 0 Å². The molecule has 0 aromatic heterocycles. The molecule has 0 bridgehead atoms. The summed E-state index contributed by atoms with van der Waals surface area (Å²) >= 11 is 0. The molecule has 2 heteroatoms. The molecule has 2 nitrogen and oxygen atoms in total. The summed E-state index contributed by atoms with van der Waals surface area (Å²) in [5, 5.41) is 0. The van der Waals surface area contributed by atoms with Crippen LogP contribution in [0.15, 0.2) is 0 Å². The van der Waals surface area contributed by atoms with E-state index in [1.165, 1.54) is 44.9 Å². The van der Waals surface area contributed by atoms with E-state index in [1.54, 1.807) is 0 Å². The SMILES string of the molecule is CCCC(N)CN(C)C1CCCCCC1. The molecule has 0 spiro atoms. The summed E-state index contributed by atoms with van der Waals surface area (Å²) in [6.07, 6.45) is 10.8. The van der Waals surface area contributed by atoms with Crippen molar-refractivity contribution in [3.05, 3.63) is 0 Å². The number of likely N-dealkylation sites (N-methyl/N-ethyl adjacent to an activating group) is 1. The number of hydrogen-bond donors (Lipinski definition) is 1. The van der Waals surface area contributed by atoms with E-state index in [0.29, 0.717) is 6.04 Å². The molecule has 0 aromatic rings. The van der Waals surface area contributed by atoms with E-state index < -0.39 is 0 Å². The first-order valence-corrected chi connectivity index (χ1v) is 6.70. The highest BCUT2D eigenvalue weighted by molar-refractivity contribution is 4.75. The van der Waals surface area contributed by atoms with Gasteiger partial charge in [-0.25, -0.2) is 0 Å². The van der Waals surface area contributed by atoms with Crippen LogP contribution in [0.25, 0.3) is 0 Å². The highest BCUT2D eigenvalue weighted by Crippen LogP contribution is 2.21. The van der Waals surface area contributed by atoms with Crippen LogP contribution in [0.5, 0.6) is 0 Å². The first-order valence-electron chi connectivity index (χ1n) is 6.70. The Hall–Kier alpha value is -0.0800. The Balaban J connectivity index is 2.27. The van der Waals surface area contributed by atoms with Gasteiger partial charge in [-0.1, -0.05) is 39.0 Å². The predicted molar refractivity (Wildman–Crippen MR) is 67.0 cm³/mol. The summed E-state index contributed by atoms with van der Waals surface area (Å²) in [6, 6.07) is 1.18. The molecule has 1 saturated carbocycles. The van der Waals surface area contributed by atoms with Crippen LogP contribution in [0, 0.1) is 0 Å². The Morgan fingerprint density at radius 2 is 1.80 bits per heavy atom.